The smallest absolute Gasteiger partial charge is 0.248 e. The zero-order valence-corrected chi connectivity index (χ0v) is 69.5. The van der Waals surface area contributed by atoms with Gasteiger partial charge in [0.15, 0.2) is 11.6 Å². The van der Waals surface area contributed by atoms with Gasteiger partial charge in [-0.15, -0.1) is 0 Å². The highest BCUT2D eigenvalue weighted by Crippen LogP contribution is 2.36. The number of carbonyl (C=O) groups is 14. The zero-order valence-electron chi connectivity index (χ0n) is 69.5. The van der Waals surface area contributed by atoms with Gasteiger partial charge in [0.25, 0.3) is 0 Å². The summed E-state index contributed by atoms with van der Waals surface area (Å²) in [6, 6.07) is 6.05. The number of hydrogen-bond acceptors (Lipinski definition) is 15. The van der Waals surface area contributed by atoms with Gasteiger partial charge >= 0.3 is 0 Å². The number of Topliss-reactive ketones (excluding diaryl/α,β-unsaturated/α-hetero) is 2. The van der Waals surface area contributed by atoms with Gasteiger partial charge in [-0.3, -0.25) is 67.1 Å². The molecule has 612 valence electrons. The summed E-state index contributed by atoms with van der Waals surface area (Å²) in [4.78, 5) is 222. The number of aliphatic hydroxyl groups is 1. The minimum absolute atomic E-state index is 0.0536. The lowest BCUT2D eigenvalue weighted by molar-refractivity contribution is -0.154. The Labute approximate surface area is 653 Å². The number of ketones is 2. The summed E-state index contributed by atoms with van der Waals surface area (Å²) in [7, 11) is 10.0. The molecular weight excluding hydrogens is 1400 g/mol. The molecule has 27 nitrogen and oxygen atoms in total. The first kappa shape index (κ1) is 92.0. The molecule has 0 radical (unpaired) electrons. The molecule has 3 aliphatic rings. The molecule has 0 aliphatic carbocycles. The number of carbonyl (C=O) groups excluding carboxylic acids is 14. The second-order valence-electron chi connectivity index (χ2n) is 33.2. The molecule has 4 N–H and O–H groups in total. The molecule has 2 aromatic rings. The van der Waals surface area contributed by atoms with Crippen LogP contribution >= 0.6 is 0 Å². The molecule has 27 heteroatoms. The van der Waals surface area contributed by atoms with Crippen LogP contribution in [-0.2, 0) is 80.0 Å². The van der Waals surface area contributed by atoms with Crippen molar-refractivity contribution in [3.05, 3.63) is 71.8 Å². The van der Waals surface area contributed by atoms with Crippen molar-refractivity contribution in [1.29, 1.82) is 0 Å². The van der Waals surface area contributed by atoms with Crippen molar-refractivity contribution in [2.24, 2.45) is 41.4 Å². The highest BCUT2D eigenvalue weighted by Gasteiger charge is 2.51. The fraction of sp³-hybridized carbons (Fsp3) is 0.687. The van der Waals surface area contributed by atoms with Crippen LogP contribution < -0.4 is 16.0 Å². The van der Waals surface area contributed by atoms with E-state index in [0.29, 0.717) is 49.9 Å². The fourth-order valence-electron chi connectivity index (χ4n) is 15.4. The molecule has 0 aromatic heterocycles. The van der Waals surface area contributed by atoms with E-state index in [9.17, 15) is 33.9 Å². The van der Waals surface area contributed by atoms with Gasteiger partial charge in [-0.25, -0.2) is 0 Å². The number of amides is 12. The van der Waals surface area contributed by atoms with E-state index in [1.807, 2.05) is 55.4 Å². The van der Waals surface area contributed by atoms with Gasteiger partial charge in [-0.1, -0.05) is 143 Å². The zero-order chi connectivity index (χ0) is 82.7. The Balaban J connectivity index is 1.66. The first-order valence-electron chi connectivity index (χ1n) is 39.7. The molecule has 0 saturated carbocycles. The minimum atomic E-state index is -1.72. The van der Waals surface area contributed by atoms with Gasteiger partial charge < -0.3 is 65.2 Å². The first-order chi connectivity index (χ1) is 51.5. The third kappa shape index (κ3) is 24.0. The van der Waals surface area contributed by atoms with E-state index in [2.05, 4.69) is 16.0 Å². The molecule has 2 aromatic carbocycles. The topological polar surface area (TPSA) is 324 Å². The molecule has 3 fully saturated rings. The lowest BCUT2D eigenvalue weighted by Gasteiger charge is -2.40. The molecule has 3 aliphatic heterocycles. The van der Waals surface area contributed by atoms with Crippen LogP contribution in [-0.4, -0.2) is 273 Å². The first-order valence-corrected chi connectivity index (χ1v) is 39.7. The Morgan fingerprint density at radius 3 is 1.46 bits per heavy atom. The van der Waals surface area contributed by atoms with Crippen molar-refractivity contribution >= 4 is 82.5 Å². The third-order valence-corrected chi connectivity index (χ3v) is 22.6. The van der Waals surface area contributed by atoms with Crippen molar-refractivity contribution in [3.8, 4) is 0 Å². The molecule has 3 heterocycles. The van der Waals surface area contributed by atoms with Gasteiger partial charge in [-0.05, 0) is 113 Å². The van der Waals surface area contributed by atoms with E-state index in [-0.39, 0.29) is 69.2 Å². The molecule has 5 rings (SSSR count). The van der Waals surface area contributed by atoms with Crippen LogP contribution in [0, 0.1) is 41.4 Å². The molecule has 110 heavy (non-hydrogen) atoms. The number of likely N-dealkylation sites (N-methyl/N-ethyl adjacent to an activating group) is 7. The number of piperidine rings is 1. The van der Waals surface area contributed by atoms with E-state index in [1.165, 1.54) is 97.5 Å². The van der Waals surface area contributed by atoms with E-state index < -0.39 is 192 Å². The van der Waals surface area contributed by atoms with Crippen LogP contribution in [0.5, 0.6) is 0 Å². The summed E-state index contributed by atoms with van der Waals surface area (Å²) in [5, 5.41) is 19.8. The lowest BCUT2D eigenvalue weighted by atomic mass is 9.84. The molecule has 3 saturated heterocycles. The van der Waals surface area contributed by atoms with Crippen LogP contribution in [0.3, 0.4) is 0 Å². The summed E-state index contributed by atoms with van der Waals surface area (Å²) >= 11 is 0. The van der Waals surface area contributed by atoms with Gasteiger partial charge in [0.05, 0.1) is 30.1 Å². The summed E-state index contributed by atoms with van der Waals surface area (Å²) in [6.07, 6.45) is 0.383. The van der Waals surface area contributed by atoms with Crippen molar-refractivity contribution < 1.29 is 72.2 Å². The number of fused-ring (bicyclic) bond motifs is 1. The number of aliphatic hydroxyl groups excluding tert-OH is 1. The summed E-state index contributed by atoms with van der Waals surface area (Å²) in [5.41, 5.74) is -0.298. The van der Waals surface area contributed by atoms with Crippen LogP contribution in [0.4, 0.5) is 0 Å². The number of rotatable bonds is 15. The van der Waals surface area contributed by atoms with Crippen LogP contribution in [0.15, 0.2) is 60.7 Å². The second-order valence-corrected chi connectivity index (χ2v) is 33.2. The Morgan fingerprint density at radius 2 is 0.964 bits per heavy atom. The SMILES string of the molecule is CC[C@H](C)[C@H]1C(=O)C[C@@H](C)C(=O)N(C)[C@@H](Cc2ccccc2)C(=O)N(C)[C@@H](Cc2ccccc2)C(=O)N[C@@H]([C@@H](C)O)C(=O)N(C)[C@@H](CC(C)C)C(=O)N2CCCC2(C)C(=O)C[C@H](C(=O)N2CCCCC2)CC(=O)N[C@@H](C)C(=O)N[C@@H](C(C)C)C(=O)N(C)[C@@H](CC(C)C)C(=O)N(C)CC(=O)N(C)[C@@H](CC(C)C)C(=O)N1C. The maximum Gasteiger partial charge on any atom is 0.248 e. The van der Waals surface area contributed by atoms with E-state index >= 15 is 38.4 Å². The van der Waals surface area contributed by atoms with Crippen LogP contribution in [0.25, 0.3) is 0 Å². The van der Waals surface area contributed by atoms with Gasteiger partial charge in [0.1, 0.15) is 48.3 Å². The molecule has 1 unspecified atom stereocenters. The Hall–Kier alpha value is -8.62. The van der Waals surface area contributed by atoms with E-state index in [4.69, 9.17) is 0 Å². The maximum absolute atomic E-state index is 15.6. The molecule has 0 spiro atoms. The Bertz CT molecular complexity index is 3530. The van der Waals surface area contributed by atoms with Crippen molar-refractivity contribution in [3.63, 3.8) is 0 Å². The highest BCUT2D eigenvalue weighted by molar-refractivity contribution is 6.02. The predicted molar refractivity (Wildman–Crippen MR) is 419 cm³/mol. The summed E-state index contributed by atoms with van der Waals surface area (Å²) < 4.78 is 0. The summed E-state index contributed by atoms with van der Waals surface area (Å²) in [5.74, 6) is -13.0. The van der Waals surface area contributed by atoms with Crippen LogP contribution in [0.1, 0.15) is 185 Å². The quantitative estimate of drug-likeness (QED) is 0.170. The number of nitrogens with one attached hydrogen (secondary N) is 3. The molecular formula is C83H130N12O15. The third-order valence-electron chi connectivity index (χ3n) is 22.6. The van der Waals surface area contributed by atoms with Crippen molar-refractivity contribution in [2.45, 2.75) is 253 Å². The van der Waals surface area contributed by atoms with E-state index in [0.717, 1.165) is 11.3 Å². The fourth-order valence-corrected chi connectivity index (χ4v) is 15.4. The average Bonchev–Trinajstić information content (AvgIpc) is 1.58. The molecule has 12 amide bonds. The van der Waals surface area contributed by atoms with Crippen molar-refractivity contribution in [1.82, 2.24) is 60.0 Å². The number of nitrogens with zero attached hydrogens (tertiary/aromatic N) is 9. The second kappa shape index (κ2) is 41.6. The summed E-state index contributed by atoms with van der Waals surface area (Å²) in [6.45, 7) is 24.4. The largest absolute Gasteiger partial charge is 0.391 e. The van der Waals surface area contributed by atoms with Gasteiger partial charge in [-0.2, -0.15) is 0 Å². The molecule has 0 bridgehead atoms. The number of likely N-dealkylation sites (tertiary alicyclic amines) is 1. The standard InChI is InChI=1S/C83H130N12O15/c1-22-54(10)72-66(97)44-55(11)75(103)90(18)65(46-59-35-28-24-29-36-59)78(106)89(17)61(45-58-33-26-23-27-34-58)74(102)86-71(57(13)96)82(110)92(20)64(43-52(6)7)80(108)95-40-32-37-83(95,14)67(98)47-60(76(104)94-38-30-25-31-39-94)48-68(99)84-56(12)73(101)85-70(53(8)9)81(109)91(19)62(41-50(2)3)77(105)87(15)49-69(100)88(16)63(42-51(4)5)79(107)93(72)21/h23-24,26-29,33-36,50-57,60-65,70-72,96H,22,25,30-32,37-49H2,1-21H3,(H,84,99)(H,85,101)(H,86,102)/t54-,55+,56-,57+,60-,61-,62-,63-,64-,65-,70-,71-,72-,83?/m0/s1. The van der Waals surface area contributed by atoms with Gasteiger partial charge in [0, 0.05) is 107 Å². The molecule has 14 atom stereocenters. The number of benzene rings is 2. The minimum Gasteiger partial charge on any atom is -0.391 e. The average molecular weight is 1540 g/mol. The normalized spacial score (nSPS) is 27.5. The monoisotopic (exact) mass is 1530 g/mol. The Morgan fingerprint density at radius 1 is 0.500 bits per heavy atom. The highest BCUT2D eigenvalue weighted by atomic mass is 16.3. The maximum atomic E-state index is 15.6. The van der Waals surface area contributed by atoms with Gasteiger partial charge in [0.2, 0.25) is 70.9 Å². The predicted octanol–water partition coefficient (Wildman–Crippen LogP) is 5.56. The van der Waals surface area contributed by atoms with Crippen LogP contribution in [0.2, 0.25) is 0 Å². The van der Waals surface area contributed by atoms with Crippen molar-refractivity contribution in [2.75, 3.05) is 75.5 Å². The number of hydrogen-bond donors (Lipinski definition) is 4. The lowest BCUT2D eigenvalue weighted by Crippen LogP contribution is -2.63. The Kier molecular flexibility index (Phi) is 34.8. The van der Waals surface area contributed by atoms with E-state index in [1.54, 1.807) is 93.3 Å².